The number of anilines is 3. The third-order valence-corrected chi connectivity index (χ3v) is 2.95. The summed E-state index contributed by atoms with van der Waals surface area (Å²) in [6.45, 7) is 0. The van der Waals surface area contributed by atoms with Crippen LogP contribution in [0.5, 0.6) is 0 Å². The first kappa shape index (κ1) is 12.4. The number of nitrogens with zero attached hydrogens (tertiary/aromatic N) is 4. The minimum Gasteiger partial charge on any atom is -0.368 e. The van der Waals surface area contributed by atoms with E-state index in [1.54, 1.807) is 10.9 Å². The van der Waals surface area contributed by atoms with Gasteiger partial charge in [-0.15, -0.1) is 0 Å². The maximum Gasteiger partial charge on any atom is 0.222 e. The number of hydrogen-bond acceptors (Lipinski definition) is 5. The van der Waals surface area contributed by atoms with E-state index in [0.717, 1.165) is 11.4 Å². The fraction of sp³-hybridized carbons (Fsp3) is 0. The van der Waals surface area contributed by atoms with Crippen molar-refractivity contribution in [1.82, 2.24) is 19.7 Å². The first-order valence-corrected chi connectivity index (χ1v) is 6.26. The lowest BCUT2D eigenvalue weighted by molar-refractivity contribution is 0.882. The Balaban J connectivity index is 2.01. The van der Waals surface area contributed by atoms with E-state index in [1.165, 1.54) is 6.20 Å². The summed E-state index contributed by atoms with van der Waals surface area (Å²) in [5.74, 6) is 0.618. The first-order chi connectivity index (χ1) is 9.74. The second-order valence-corrected chi connectivity index (χ2v) is 4.42. The van der Waals surface area contributed by atoms with Crippen LogP contribution in [0.4, 0.5) is 17.5 Å². The molecule has 0 unspecified atom stereocenters. The molecular weight excluding hydrogens is 276 g/mol. The van der Waals surface area contributed by atoms with Gasteiger partial charge in [0.15, 0.2) is 5.82 Å². The van der Waals surface area contributed by atoms with E-state index in [4.69, 9.17) is 17.3 Å². The predicted molar refractivity (Wildman–Crippen MR) is 78.3 cm³/mol. The van der Waals surface area contributed by atoms with Gasteiger partial charge in [-0.05, 0) is 18.2 Å². The maximum absolute atomic E-state index is 6.06. The van der Waals surface area contributed by atoms with Crippen LogP contribution in [0.25, 0.3) is 5.69 Å². The minimum atomic E-state index is 0.161. The highest BCUT2D eigenvalue weighted by Gasteiger charge is 2.08. The molecule has 3 N–H and O–H groups in total. The van der Waals surface area contributed by atoms with Crippen molar-refractivity contribution < 1.29 is 0 Å². The molecule has 0 saturated heterocycles. The summed E-state index contributed by atoms with van der Waals surface area (Å²) in [4.78, 5) is 7.91. The Hall–Kier alpha value is -2.60. The quantitative estimate of drug-likeness (QED) is 0.773. The highest BCUT2D eigenvalue weighted by atomic mass is 35.5. The van der Waals surface area contributed by atoms with Crippen LogP contribution in [-0.2, 0) is 0 Å². The standard InChI is InChI=1S/C13H11ClN6/c14-9-8-16-13(15)19-12(9)18-10-4-1-2-5-11(10)20-7-3-6-17-20/h1-8H,(H3,15,16,18,19). The van der Waals surface area contributed by atoms with Gasteiger partial charge in [0.2, 0.25) is 5.95 Å². The van der Waals surface area contributed by atoms with Gasteiger partial charge in [-0.3, -0.25) is 0 Å². The zero-order valence-corrected chi connectivity index (χ0v) is 11.1. The van der Waals surface area contributed by atoms with Crippen molar-refractivity contribution in [3.05, 3.63) is 53.9 Å². The smallest absolute Gasteiger partial charge is 0.222 e. The van der Waals surface area contributed by atoms with Crippen LogP contribution in [0, 0.1) is 0 Å². The predicted octanol–water partition coefficient (Wildman–Crippen LogP) is 2.64. The molecule has 0 amide bonds. The lowest BCUT2D eigenvalue weighted by Crippen LogP contribution is -2.04. The third kappa shape index (κ3) is 2.41. The fourth-order valence-corrected chi connectivity index (χ4v) is 1.92. The Morgan fingerprint density at radius 2 is 2.05 bits per heavy atom. The summed E-state index contributed by atoms with van der Waals surface area (Å²) >= 11 is 6.06. The average molecular weight is 287 g/mol. The number of nitrogens with one attached hydrogen (secondary N) is 1. The average Bonchev–Trinajstić information content (AvgIpc) is 2.97. The normalized spacial score (nSPS) is 10.4. The van der Waals surface area contributed by atoms with Crippen molar-refractivity contribution >= 4 is 29.1 Å². The van der Waals surface area contributed by atoms with E-state index in [0.29, 0.717) is 10.8 Å². The summed E-state index contributed by atoms with van der Waals surface area (Å²) < 4.78 is 1.75. The van der Waals surface area contributed by atoms with Gasteiger partial charge in [-0.2, -0.15) is 10.1 Å². The van der Waals surface area contributed by atoms with Crippen LogP contribution < -0.4 is 11.1 Å². The molecule has 1 aromatic carbocycles. The van der Waals surface area contributed by atoms with Crippen molar-refractivity contribution in [3.8, 4) is 5.69 Å². The molecule has 0 fully saturated rings. The molecule has 0 saturated carbocycles. The van der Waals surface area contributed by atoms with Crippen molar-refractivity contribution in [2.24, 2.45) is 0 Å². The van der Waals surface area contributed by atoms with Crippen LogP contribution in [-0.4, -0.2) is 19.7 Å². The Kier molecular flexibility index (Phi) is 3.22. The molecule has 7 heteroatoms. The van der Waals surface area contributed by atoms with Gasteiger partial charge in [-0.1, -0.05) is 23.7 Å². The summed E-state index contributed by atoms with van der Waals surface area (Å²) in [5, 5.41) is 7.76. The fourth-order valence-electron chi connectivity index (χ4n) is 1.79. The van der Waals surface area contributed by atoms with E-state index in [-0.39, 0.29) is 5.95 Å². The molecular formula is C13H11ClN6. The van der Waals surface area contributed by atoms with Gasteiger partial charge >= 0.3 is 0 Å². The minimum absolute atomic E-state index is 0.161. The van der Waals surface area contributed by atoms with E-state index < -0.39 is 0 Å². The highest BCUT2D eigenvalue weighted by Crippen LogP contribution is 2.26. The van der Waals surface area contributed by atoms with Crippen LogP contribution >= 0.6 is 11.6 Å². The largest absolute Gasteiger partial charge is 0.368 e. The molecule has 0 aliphatic carbocycles. The molecule has 3 aromatic rings. The molecule has 3 rings (SSSR count). The Morgan fingerprint density at radius 1 is 1.20 bits per heavy atom. The Bertz CT molecular complexity index is 725. The molecule has 0 radical (unpaired) electrons. The summed E-state index contributed by atoms with van der Waals surface area (Å²) in [7, 11) is 0. The molecule has 0 spiro atoms. The monoisotopic (exact) mass is 286 g/mol. The van der Waals surface area contributed by atoms with Gasteiger partial charge in [0.1, 0.15) is 5.02 Å². The summed E-state index contributed by atoms with van der Waals surface area (Å²) in [6.07, 6.45) is 5.03. The van der Waals surface area contributed by atoms with Gasteiger partial charge in [0.05, 0.1) is 17.6 Å². The van der Waals surface area contributed by atoms with Crippen molar-refractivity contribution in [3.63, 3.8) is 0 Å². The maximum atomic E-state index is 6.06. The highest BCUT2D eigenvalue weighted by molar-refractivity contribution is 6.32. The lowest BCUT2D eigenvalue weighted by atomic mass is 10.2. The first-order valence-electron chi connectivity index (χ1n) is 5.88. The van der Waals surface area contributed by atoms with Gasteiger partial charge < -0.3 is 11.1 Å². The second kappa shape index (κ2) is 5.18. The summed E-state index contributed by atoms with van der Waals surface area (Å²) in [6, 6.07) is 9.54. The number of rotatable bonds is 3. The van der Waals surface area contributed by atoms with Gasteiger partial charge in [0, 0.05) is 12.4 Å². The van der Waals surface area contributed by atoms with Crippen LogP contribution in [0.1, 0.15) is 0 Å². The molecule has 0 aliphatic rings. The molecule has 0 bridgehead atoms. The number of benzene rings is 1. The Morgan fingerprint density at radius 3 is 2.85 bits per heavy atom. The molecule has 0 aliphatic heterocycles. The number of halogens is 1. The van der Waals surface area contributed by atoms with E-state index in [9.17, 15) is 0 Å². The van der Waals surface area contributed by atoms with E-state index in [2.05, 4.69) is 20.4 Å². The molecule has 100 valence electrons. The van der Waals surface area contributed by atoms with Gasteiger partial charge in [-0.25, -0.2) is 9.67 Å². The molecule has 6 nitrogen and oxygen atoms in total. The summed E-state index contributed by atoms with van der Waals surface area (Å²) in [5.41, 5.74) is 7.27. The van der Waals surface area contributed by atoms with Crippen LogP contribution in [0.15, 0.2) is 48.9 Å². The number of para-hydroxylation sites is 2. The van der Waals surface area contributed by atoms with Crippen LogP contribution in [0.2, 0.25) is 5.02 Å². The molecule has 2 heterocycles. The van der Waals surface area contributed by atoms with Crippen molar-refractivity contribution in [2.45, 2.75) is 0 Å². The topological polar surface area (TPSA) is 81.6 Å². The number of nitrogen functional groups attached to an aromatic ring is 1. The molecule has 0 atom stereocenters. The second-order valence-electron chi connectivity index (χ2n) is 4.02. The molecule has 20 heavy (non-hydrogen) atoms. The number of nitrogens with two attached hydrogens (primary N) is 1. The third-order valence-electron chi connectivity index (χ3n) is 2.67. The number of aromatic nitrogens is 4. The van der Waals surface area contributed by atoms with E-state index >= 15 is 0 Å². The van der Waals surface area contributed by atoms with E-state index in [1.807, 2.05) is 36.5 Å². The SMILES string of the molecule is Nc1ncc(Cl)c(Nc2ccccc2-n2cccn2)n1. The number of hydrogen-bond donors (Lipinski definition) is 2. The van der Waals surface area contributed by atoms with Crippen LogP contribution in [0.3, 0.4) is 0 Å². The van der Waals surface area contributed by atoms with Gasteiger partial charge in [0.25, 0.3) is 0 Å². The zero-order valence-electron chi connectivity index (χ0n) is 10.4. The lowest BCUT2D eigenvalue weighted by Gasteiger charge is -2.12. The zero-order chi connectivity index (χ0) is 13.9. The van der Waals surface area contributed by atoms with Crippen molar-refractivity contribution in [1.29, 1.82) is 0 Å². The van der Waals surface area contributed by atoms with Crippen molar-refractivity contribution in [2.75, 3.05) is 11.1 Å². The molecule has 2 aromatic heterocycles. The Labute approximate surface area is 120 Å².